The van der Waals surface area contributed by atoms with E-state index >= 15 is 0 Å². The fourth-order valence-corrected chi connectivity index (χ4v) is 3.74. The van der Waals surface area contributed by atoms with E-state index in [1.807, 2.05) is 0 Å². The summed E-state index contributed by atoms with van der Waals surface area (Å²) < 4.78 is 27.7. The van der Waals surface area contributed by atoms with Crippen molar-refractivity contribution in [3.8, 4) is 5.88 Å². The van der Waals surface area contributed by atoms with Crippen LogP contribution in [-0.2, 0) is 16.4 Å². The Morgan fingerprint density at radius 1 is 1.55 bits per heavy atom. The number of hydrogen-bond acceptors (Lipinski definition) is 5. The number of sulfone groups is 1. The van der Waals surface area contributed by atoms with Gasteiger partial charge in [-0.3, -0.25) is 0 Å². The second-order valence-electron chi connectivity index (χ2n) is 4.60. The smallest absolute Gasteiger partial charge is 0.315 e. The van der Waals surface area contributed by atoms with Gasteiger partial charge in [0.05, 0.1) is 18.6 Å². The van der Waals surface area contributed by atoms with Gasteiger partial charge in [0.2, 0.25) is 5.88 Å². The molecule has 0 bridgehead atoms. The molecule has 1 atom stereocenters. The molecule has 110 valence electrons. The molecule has 0 radical (unpaired) electrons. The van der Waals surface area contributed by atoms with Gasteiger partial charge in [-0.25, -0.2) is 18.2 Å². The Hall–Kier alpha value is -1.83. The monoisotopic (exact) mass is 299 g/mol. The van der Waals surface area contributed by atoms with E-state index in [2.05, 4.69) is 15.6 Å². The van der Waals surface area contributed by atoms with Crippen LogP contribution in [0.15, 0.2) is 18.3 Å². The van der Waals surface area contributed by atoms with Gasteiger partial charge in [0.1, 0.15) is 0 Å². The number of pyridine rings is 1. The number of amides is 2. The third-order valence-corrected chi connectivity index (χ3v) is 4.82. The second-order valence-corrected chi connectivity index (χ2v) is 6.83. The first-order valence-corrected chi connectivity index (χ1v) is 8.05. The largest absolute Gasteiger partial charge is 0.481 e. The standard InChI is InChI=1S/C12H17N3O4S/c1-19-11-9(3-2-5-13-11)7-14-12(16)15-10-4-6-20(17,18)8-10/h2-3,5,10H,4,6-8H2,1H3,(H2,14,15,16)/t10-/m1/s1. The zero-order valence-electron chi connectivity index (χ0n) is 11.1. The van der Waals surface area contributed by atoms with E-state index in [0.29, 0.717) is 12.3 Å². The minimum absolute atomic E-state index is 0.0105. The van der Waals surface area contributed by atoms with E-state index in [0.717, 1.165) is 5.56 Å². The first kappa shape index (κ1) is 14.6. The third kappa shape index (κ3) is 3.83. The van der Waals surface area contributed by atoms with E-state index in [4.69, 9.17) is 4.74 Å². The Morgan fingerprint density at radius 2 is 2.35 bits per heavy atom. The molecule has 1 aromatic rings. The Morgan fingerprint density at radius 3 is 3.00 bits per heavy atom. The molecule has 0 aromatic carbocycles. The number of aromatic nitrogens is 1. The summed E-state index contributed by atoms with van der Waals surface area (Å²) >= 11 is 0. The van der Waals surface area contributed by atoms with E-state index in [-0.39, 0.29) is 24.1 Å². The van der Waals surface area contributed by atoms with Crippen LogP contribution in [0.2, 0.25) is 0 Å². The van der Waals surface area contributed by atoms with Crippen LogP contribution in [-0.4, -0.2) is 44.1 Å². The highest BCUT2D eigenvalue weighted by Gasteiger charge is 2.28. The molecule has 1 fully saturated rings. The number of carbonyl (C=O) groups excluding carboxylic acids is 1. The van der Waals surface area contributed by atoms with Crippen molar-refractivity contribution in [3.05, 3.63) is 23.9 Å². The molecule has 0 unspecified atom stereocenters. The van der Waals surface area contributed by atoms with Gasteiger partial charge in [0, 0.05) is 24.3 Å². The summed E-state index contributed by atoms with van der Waals surface area (Å²) in [5, 5.41) is 5.31. The Bertz CT molecular complexity index is 588. The summed E-state index contributed by atoms with van der Waals surface area (Å²) in [4.78, 5) is 15.7. The lowest BCUT2D eigenvalue weighted by Gasteiger charge is -2.13. The van der Waals surface area contributed by atoms with Crippen molar-refractivity contribution in [2.24, 2.45) is 0 Å². The third-order valence-electron chi connectivity index (χ3n) is 3.05. The van der Waals surface area contributed by atoms with Gasteiger partial charge in [-0.1, -0.05) is 6.07 Å². The fraction of sp³-hybridized carbons (Fsp3) is 0.500. The van der Waals surface area contributed by atoms with Gasteiger partial charge in [0.15, 0.2) is 9.84 Å². The van der Waals surface area contributed by atoms with Gasteiger partial charge < -0.3 is 15.4 Å². The average molecular weight is 299 g/mol. The molecule has 1 aliphatic heterocycles. The Labute approximate surface area is 117 Å². The van der Waals surface area contributed by atoms with Gasteiger partial charge in [-0.05, 0) is 12.5 Å². The molecular weight excluding hydrogens is 282 g/mol. The lowest BCUT2D eigenvalue weighted by molar-refractivity contribution is 0.237. The highest BCUT2D eigenvalue weighted by molar-refractivity contribution is 7.91. The predicted molar refractivity (Wildman–Crippen MR) is 73.2 cm³/mol. The molecule has 1 saturated heterocycles. The minimum atomic E-state index is -2.99. The Balaban J connectivity index is 1.84. The average Bonchev–Trinajstić information content (AvgIpc) is 2.76. The van der Waals surface area contributed by atoms with Gasteiger partial charge in [0.25, 0.3) is 0 Å². The van der Waals surface area contributed by atoms with Gasteiger partial charge >= 0.3 is 6.03 Å². The summed E-state index contributed by atoms with van der Waals surface area (Å²) in [5.74, 6) is 0.599. The van der Waals surface area contributed by atoms with Crippen molar-refractivity contribution in [2.45, 2.75) is 19.0 Å². The number of rotatable bonds is 4. The van der Waals surface area contributed by atoms with E-state index in [9.17, 15) is 13.2 Å². The maximum absolute atomic E-state index is 11.7. The van der Waals surface area contributed by atoms with Gasteiger partial charge in [-0.2, -0.15) is 0 Å². The van der Waals surface area contributed by atoms with Crippen LogP contribution in [0.25, 0.3) is 0 Å². The van der Waals surface area contributed by atoms with Crippen molar-refractivity contribution < 1.29 is 17.9 Å². The molecule has 2 heterocycles. The highest BCUT2D eigenvalue weighted by atomic mass is 32.2. The molecule has 2 rings (SSSR count). The number of ether oxygens (including phenoxy) is 1. The van der Waals surface area contributed by atoms with E-state index in [1.54, 1.807) is 18.3 Å². The highest BCUT2D eigenvalue weighted by Crippen LogP contribution is 2.13. The van der Waals surface area contributed by atoms with E-state index < -0.39 is 15.9 Å². The molecule has 2 amide bonds. The maximum atomic E-state index is 11.7. The van der Waals surface area contributed by atoms with Crippen LogP contribution in [0.5, 0.6) is 5.88 Å². The molecule has 8 heteroatoms. The minimum Gasteiger partial charge on any atom is -0.481 e. The molecule has 20 heavy (non-hydrogen) atoms. The van der Waals surface area contributed by atoms with Crippen molar-refractivity contribution in [2.75, 3.05) is 18.6 Å². The number of methoxy groups -OCH3 is 1. The molecule has 2 N–H and O–H groups in total. The maximum Gasteiger partial charge on any atom is 0.315 e. The van der Waals surface area contributed by atoms with Crippen LogP contribution in [0, 0.1) is 0 Å². The van der Waals surface area contributed by atoms with Crippen LogP contribution in [0.1, 0.15) is 12.0 Å². The number of nitrogens with one attached hydrogen (secondary N) is 2. The summed E-state index contributed by atoms with van der Waals surface area (Å²) in [6.07, 6.45) is 2.07. The van der Waals surface area contributed by atoms with Crippen molar-refractivity contribution >= 4 is 15.9 Å². The van der Waals surface area contributed by atoms with Crippen LogP contribution < -0.4 is 15.4 Å². The lowest BCUT2D eigenvalue weighted by atomic mass is 10.2. The summed E-state index contributed by atoms with van der Waals surface area (Å²) in [6.45, 7) is 0.266. The zero-order valence-corrected chi connectivity index (χ0v) is 11.9. The lowest BCUT2D eigenvalue weighted by Crippen LogP contribution is -2.42. The first-order chi connectivity index (χ1) is 9.50. The quantitative estimate of drug-likeness (QED) is 0.820. The number of carbonyl (C=O) groups is 1. The van der Waals surface area contributed by atoms with Crippen molar-refractivity contribution in [1.29, 1.82) is 0 Å². The van der Waals surface area contributed by atoms with Crippen LogP contribution in [0.3, 0.4) is 0 Å². The Kier molecular flexibility index (Phi) is 4.43. The molecule has 1 aliphatic rings. The summed E-state index contributed by atoms with van der Waals surface area (Å²) in [6, 6.07) is 2.85. The number of urea groups is 1. The summed E-state index contributed by atoms with van der Waals surface area (Å²) in [5.41, 5.74) is 0.754. The van der Waals surface area contributed by atoms with Crippen molar-refractivity contribution in [1.82, 2.24) is 15.6 Å². The fourth-order valence-electron chi connectivity index (χ4n) is 2.06. The SMILES string of the molecule is COc1ncccc1CNC(=O)N[C@@H]1CCS(=O)(=O)C1. The number of nitrogens with zero attached hydrogens (tertiary/aromatic N) is 1. The molecule has 0 spiro atoms. The number of hydrogen-bond donors (Lipinski definition) is 2. The summed E-state index contributed by atoms with van der Waals surface area (Å²) in [7, 11) is -1.48. The zero-order chi connectivity index (χ0) is 14.6. The van der Waals surface area contributed by atoms with Crippen LogP contribution >= 0.6 is 0 Å². The van der Waals surface area contributed by atoms with E-state index in [1.165, 1.54) is 7.11 Å². The van der Waals surface area contributed by atoms with Gasteiger partial charge in [-0.15, -0.1) is 0 Å². The molecule has 0 aliphatic carbocycles. The molecule has 1 aromatic heterocycles. The molecular formula is C12H17N3O4S. The normalized spacial score (nSPS) is 20.4. The predicted octanol–water partition coefficient (Wildman–Crippen LogP) is 0.0765. The van der Waals surface area contributed by atoms with Crippen LogP contribution in [0.4, 0.5) is 4.79 Å². The molecule has 0 saturated carbocycles. The van der Waals surface area contributed by atoms with Crippen molar-refractivity contribution in [3.63, 3.8) is 0 Å². The second kappa shape index (κ2) is 6.08. The topological polar surface area (TPSA) is 97.4 Å². The first-order valence-electron chi connectivity index (χ1n) is 6.23. The molecule has 7 nitrogen and oxygen atoms in total.